The number of nitrogens with one attached hydrogen (secondary N) is 2. The van der Waals surface area contributed by atoms with E-state index in [1.165, 1.54) is 0 Å². The van der Waals surface area contributed by atoms with E-state index in [1.807, 2.05) is 0 Å². The zero-order valence-electron chi connectivity index (χ0n) is 14.0. The van der Waals surface area contributed by atoms with Crippen LogP contribution in [0, 0.1) is 0 Å². The standard InChI is InChI=1S/C19H22N4O2/c24-18(14-7-6-11-20-13-14)22-15-8-2-1-3-9-16(15)23-19(25)17-10-4-5-12-21-17/h4-7,10-13,15-16H,1-3,8-9H2,(H,22,24)(H,23,25)/t15-,16-/m0/s1. The lowest BCUT2D eigenvalue weighted by atomic mass is 10.0. The van der Waals surface area contributed by atoms with Crippen LogP contribution in [-0.2, 0) is 0 Å². The molecule has 1 saturated carbocycles. The summed E-state index contributed by atoms with van der Waals surface area (Å²) in [7, 11) is 0. The van der Waals surface area contributed by atoms with Crippen molar-refractivity contribution >= 4 is 11.8 Å². The molecule has 2 aromatic rings. The summed E-state index contributed by atoms with van der Waals surface area (Å²) >= 11 is 0. The molecule has 0 saturated heterocycles. The molecule has 1 aliphatic rings. The molecule has 2 aromatic heterocycles. The van der Waals surface area contributed by atoms with Crippen LogP contribution < -0.4 is 10.6 Å². The van der Waals surface area contributed by atoms with Gasteiger partial charge in [-0.25, -0.2) is 0 Å². The third-order valence-electron chi connectivity index (χ3n) is 4.47. The molecule has 0 aliphatic heterocycles. The van der Waals surface area contributed by atoms with Crippen LogP contribution >= 0.6 is 0 Å². The smallest absolute Gasteiger partial charge is 0.270 e. The second kappa shape index (κ2) is 8.37. The molecular weight excluding hydrogens is 316 g/mol. The summed E-state index contributed by atoms with van der Waals surface area (Å²) < 4.78 is 0. The highest BCUT2D eigenvalue weighted by atomic mass is 16.2. The average molecular weight is 338 g/mol. The van der Waals surface area contributed by atoms with E-state index in [9.17, 15) is 9.59 Å². The minimum absolute atomic E-state index is 0.0946. The number of hydrogen-bond donors (Lipinski definition) is 2. The molecule has 6 nitrogen and oxygen atoms in total. The monoisotopic (exact) mass is 338 g/mol. The summed E-state index contributed by atoms with van der Waals surface area (Å²) in [5, 5.41) is 6.12. The van der Waals surface area contributed by atoms with Gasteiger partial charge in [0.2, 0.25) is 0 Å². The van der Waals surface area contributed by atoms with Crippen LogP contribution in [0.25, 0.3) is 0 Å². The molecule has 3 rings (SSSR count). The van der Waals surface area contributed by atoms with Crippen molar-refractivity contribution < 1.29 is 9.59 Å². The number of aromatic nitrogens is 2. The second-order valence-corrected chi connectivity index (χ2v) is 6.25. The number of carbonyl (C=O) groups excluding carboxylic acids is 2. The Hall–Kier alpha value is -2.76. The molecular formula is C19H22N4O2. The van der Waals surface area contributed by atoms with E-state index in [0.717, 1.165) is 32.1 Å². The first kappa shape index (κ1) is 17.1. The number of nitrogens with zero attached hydrogens (tertiary/aromatic N) is 2. The Labute approximate surface area is 147 Å². The largest absolute Gasteiger partial charge is 0.347 e. The van der Waals surface area contributed by atoms with Gasteiger partial charge < -0.3 is 10.6 Å². The minimum Gasteiger partial charge on any atom is -0.347 e. The van der Waals surface area contributed by atoms with Crippen LogP contribution in [0.15, 0.2) is 48.9 Å². The third kappa shape index (κ3) is 4.62. The molecule has 0 unspecified atom stereocenters. The van der Waals surface area contributed by atoms with Gasteiger partial charge in [0, 0.05) is 30.7 Å². The minimum atomic E-state index is -0.201. The quantitative estimate of drug-likeness (QED) is 0.838. The predicted octanol–water partition coefficient (Wildman–Crippen LogP) is 2.34. The molecule has 2 atom stereocenters. The van der Waals surface area contributed by atoms with Gasteiger partial charge in [0.25, 0.3) is 11.8 Å². The van der Waals surface area contributed by atoms with Gasteiger partial charge in [0.15, 0.2) is 0 Å². The van der Waals surface area contributed by atoms with Crippen LogP contribution in [0.5, 0.6) is 0 Å². The van der Waals surface area contributed by atoms with Gasteiger partial charge in [-0.2, -0.15) is 0 Å². The van der Waals surface area contributed by atoms with Crippen molar-refractivity contribution in [3.8, 4) is 0 Å². The molecule has 1 aliphatic carbocycles. The lowest BCUT2D eigenvalue weighted by molar-refractivity contribution is 0.0876. The van der Waals surface area contributed by atoms with Gasteiger partial charge in [0.1, 0.15) is 5.69 Å². The molecule has 6 heteroatoms. The van der Waals surface area contributed by atoms with Crippen LogP contribution in [0.1, 0.15) is 53.0 Å². The maximum Gasteiger partial charge on any atom is 0.270 e. The lowest BCUT2D eigenvalue weighted by Gasteiger charge is -2.27. The summed E-state index contributed by atoms with van der Waals surface area (Å²) in [6, 6.07) is 8.54. The maximum absolute atomic E-state index is 12.5. The fourth-order valence-electron chi connectivity index (χ4n) is 3.14. The lowest BCUT2D eigenvalue weighted by Crippen LogP contribution is -2.51. The van der Waals surface area contributed by atoms with E-state index in [-0.39, 0.29) is 23.9 Å². The van der Waals surface area contributed by atoms with Crippen molar-refractivity contribution in [2.75, 3.05) is 0 Å². The molecule has 2 N–H and O–H groups in total. The average Bonchev–Trinajstić information content (AvgIpc) is 2.88. The fraction of sp³-hybridized carbons (Fsp3) is 0.368. The van der Waals surface area contributed by atoms with Gasteiger partial charge >= 0.3 is 0 Å². The van der Waals surface area contributed by atoms with Gasteiger partial charge in [-0.3, -0.25) is 19.6 Å². The Morgan fingerprint density at radius 3 is 2.28 bits per heavy atom. The van der Waals surface area contributed by atoms with E-state index in [1.54, 1.807) is 48.9 Å². The molecule has 2 amide bonds. The Morgan fingerprint density at radius 1 is 0.880 bits per heavy atom. The third-order valence-corrected chi connectivity index (χ3v) is 4.47. The van der Waals surface area contributed by atoms with Crippen LogP contribution in [0.2, 0.25) is 0 Å². The van der Waals surface area contributed by atoms with Crippen molar-refractivity contribution in [1.29, 1.82) is 0 Å². The number of hydrogen-bond acceptors (Lipinski definition) is 4. The van der Waals surface area contributed by atoms with E-state index < -0.39 is 0 Å². The second-order valence-electron chi connectivity index (χ2n) is 6.25. The summed E-state index contributed by atoms with van der Waals surface area (Å²) in [5.74, 6) is -0.356. The normalized spacial score (nSPS) is 20.3. The van der Waals surface area contributed by atoms with Crippen molar-refractivity contribution in [2.45, 2.75) is 44.2 Å². The first-order valence-electron chi connectivity index (χ1n) is 8.67. The molecule has 0 aromatic carbocycles. The highest BCUT2D eigenvalue weighted by Crippen LogP contribution is 2.19. The van der Waals surface area contributed by atoms with Gasteiger partial charge in [0.05, 0.1) is 5.56 Å². The fourth-order valence-corrected chi connectivity index (χ4v) is 3.14. The van der Waals surface area contributed by atoms with Gasteiger partial charge in [-0.1, -0.05) is 25.3 Å². The number of carbonyl (C=O) groups is 2. The summed E-state index contributed by atoms with van der Waals surface area (Å²) in [6.45, 7) is 0. The van der Waals surface area contributed by atoms with E-state index >= 15 is 0 Å². The summed E-state index contributed by atoms with van der Waals surface area (Å²) in [5.41, 5.74) is 0.922. The SMILES string of the molecule is O=C(N[C@H]1CCCCC[C@@H]1NC(=O)c1ccccn1)c1cccnc1. The molecule has 25 heavy (non-hydrogen) atoms. The highest BCUT2D eigenvalue weighted by molar-refractivity contribution is 5.94. The van der Waals surface area contributed by atoms with Gasteiger partial charge in [-0.05, 0) is 37.1 Å². The molecule has 130 valence electrons. The molecule has 1 fully saturated rings. The zero-order valence-corrected chi connectivity index (χ0v) is 14.0. The van der Waals surface area contributed by atoms with Crippen molar-refractivity contribution in [1.82, 2.24) is 20.6 Å². The summed E-state index contributed by atoms with van der Waals surface area (Å²) in [6.07, 6.45) is 9.65. The number of rotatable bonds is 4. The van der Waals surface area contributed by atoms with E-state index in [4.69, 9.17) is 0 Å². The Kier molecular flexibility index (Phi) is 5.72. The molecule has 0 spiro atoms. The van der Waals surface area contributed by atoms with Gasteiger partial charge in [-0.15, -0.1) is 0 Å². The van der Waals surface area contributed by atoms with Crippen LogP contribution in [0.4, 0.5) is 0 Å². The van der Waals surface area contributed by atoms with Crippen LogP contribution in [-0.4, -0.2) is 33.9 Å². The van der Waals surface area contributed by atoms with E-state index in [2.05, 4.69) is 20.6 Å². The Balaban J connectivity index is 1.69. The molecule has 2 heterocycles. The first-order valence-corrected chi connectivity index (χ1v) is 8.67. The van der Waals surface area contributed by atoms with Crippen molar-refractivity contribution in [2.24, 2.45) is 0 Å². The maximum atomic E-state index is 12.5. The predicted molar refractivity (Wildman–Crippen MR) is 94.1 cm³/mol. The summed E-state index contributed by atoms with van der Waals surface area (Å²) in [4.78, 5) is 33.0. The molecule has 0 radical (unpaired) electrons. The number of amides is 2. The molecule has 0 bridgehead atoms. The first-order chi connectivity index (χ1) is 12.2. The zero-order chi connectivity index (χ0) is 17.5. The Morgan fingerprint density at radius 2 is 1.64 bits per heavy atom. The van der Waals surface area contributed by atoms with Crippen molar-refractivity contribution in [3.63, 3.8) is 0 Å². The van der Waals surface area contributed by atoms with Crippen LogP contribution in [0.3, 0.4) is 0 Å². The van der Waals surface area contributed by atoms with Crippen molar-refractivity contribution in [3.05, 3.63) is 60.2 Å². The highest BCUT2D eigenvalue weighted by Gasteiger charge is 2.27. The van der Waals surface area contributed by atoms with E-state index in [0.29, 0.717) is 11.3 Å². The topological polar surface area (TPSA) is 84.0 Å². The Bertz CT molecular complexity index is 644. The number of pyridine rings is 2.